The molecule has 0 saturated carbocycles. The first-order valence-corrected chi connectivity index (χ1v) is 7.95. The van der Waals surface area contributed by atoms with Crippen LogP contribution in [0.25, 0.3) is 0 Å². The quantitative estimate of drug-likeness (QED) is 0.855. The van der Waals surface area contributed by atoms with E-state index < -0.39 is 5.54 Å². The summed E-state index contributed by atoms with van der Waals surface area (Å²) in [5.74, 6) is -0.00823. The molecule has 0 aromatic heterocycles. The molecule has 1 aliphatic heterocycles. The van der Waals surface area contributed by atoms with Gasteiger partial charge in [-0.3, -0.25) is 4.79 Å². The standard InChI is InChI=1S/C18H25N3O2/c1-14-5-6-15(2)16(11-14)12-17(22)20(3)18(13-19)7-9-21(23-4)10-8-18/h5-6,11H,7-10,12H2,1-4H3. The van der Waals surface area contributed by atoms with Crippen molar-refractivity contribution in [3.8, 4) is 6.07 Å². The van der Waals surface area contributed by atoms with Gasteiger partial charge in [-0.15, -0.1) is 0 Å². The van der Waals surface area contributed by atoms with Crippen LogP contribution in [0.4, 0.5) is 0 Å². The number of likely N-dealkylation sites (N-methyl/N-ethyl adjacent to an activating group) is 1. The highest BCUT2D eigenvalue weighted by Gasteiger charge is 2.40. The zero-order valence-electron chi connectivity index (χ0n) is 14.4. The van der Waals surface area contributed by atoms with Gasteiger partial charge in [-0.2, -0.15) is 10.3 Å². The molecule has 0 spiro atoms. The predicted molar refractivity (Wildman–Crippen MR) is 88.6 cm³/mol. The fraction of sp³-hybridized carbons (Fsp3) is 0.556. The molecule has 1 aromatic carbocycles. The molecule has 124 valence electrons. The molecule has 5 heteroatoms. The maximum atomic E-state index is 12.7. The van der Waals surface area contributed by atoms with Crippen molar-refractivity contribution < 1.29 is 9.63 Å². The highest BCUT2D eigenvalue weighted by Crippen LogP contribution is 2.28. The van der Waals surface area contributed by atoms with E-state index in [9.17, 15) is 10.1 Å². The van der Waals surface area contributed by atoms with Gasteiger partial charge in [-0.05, 0) is 37.8 Å². The normalized spacial score (nSPS) is 17.5. The molecule has 1 heterocycles. The number of aryl methyl sites for hydroxylation is 2. The molecule has 0 aliphatic carbocycles. The molecule has 0 unspecified atom stereocenters. The van der Waals surface area contributed by atoms with E-state index in [0.29, 0.717) is 32.4 Å². The Hall–Kier alpha value is -1.90. The van der Waals surface area contributed by atoms with E-state index in [0.717, 1.165) is 16.7 Å². The summed E-state index contributed by atoms with van der Waals surface area (Å²) in [5, 5.41) is 11.5. The number of benzene rings is 1. The fourth-order valence-electron chi connectivity index (χ4n) is 3.07. The third kappa shape index (κ3) is 3.72. The van der Waals surface area contributed by atoms with Crippen molar-refractivity contribution in [2.24, 2.45) is 0 Å². The van der Waals surface area contributed by atoms with E-state index in [1.807, 2.05) is 37.1 Å². The SMILES string of the molecule is CON1CCC(C#N)(N(C)C(=O)Cc2cc(C)ccc2C)CC1. The lowest BCUT2D eigenvalue weighted by Gasteiger charge is -2.42. The topological polar surface area (TPSA) is 56.6 Å². The highest BCUT2D eigenvalue weighted by molar-refractivity contribution is 5.80. The summed E-state index contributed by atoms with van der Waals surface area (Å²) < 4.78 is 0. The minimum absolute atomic E-state index is 0.00823. The molecule has 0 atom stereocenters. The lowest BCUT2D eigenvalue weighted by Crippen LogP contribution is -2.55. The number of hydrogen-bond acceptors (Lipinski definition) is 4. The number of carbonyl (C=O) groups is 1. The molecule has 1 aliphatic rings. The first kappa shape index (κ1) is 17.5. The van der Waals surface area contributed by atoms with E-state index in [1.165, 1.54) is 0 Å². The Morgan fingerprint density at radius 3 is 2.61 bits per heavy atom. The van der Waals surface area contributed by atoms with E-state index in [2.05, 4.69) is 6.07 Å². The number of amides is 1. The molecule has 0 N–H and O–H groups in total. The Balaban J connectivity index is 2.12. The molecule has 1 amide bonds. The predicted octanol–water partition coefficient (Wildman–Crippen LogP) is 2.22. The summed E-state index contributed by atoms with van der Waals surface area (Å²) in [6.07, 6.45) is 1.54. The van der Waals surface area contributed by atoms with E-state index in [1.54, 1.807) is 19.1 Å². The Labute approximate surface area is 138 Å². The highest BCUT2D eigenvalue weighted by atomic mass is 16.7. The second-order valence-electron chi connectivity index (χ2n) is 6.31. The summed E-state index contributed by atoms with van der Waals surface area (Å²) in [5.41, 5.74) is 2.55. The van der Waals surface area contributed by atoms with Crippen molar-refractivity contribution in [2.45, 2.75) is 38.6 Å². The van der Waals surface area contributed by atoms with Crippen molar-refractivity contribution in [3.63, 3.8) is 0 Å². The minimum Gasteiger partial charge on any atom is -0.327 e. The summed E-state index contributed by atoms with van der Waals surface area (Å²) in [7, 11) is 3.38. The lowest BCUT2D eigenvalue weighted by atomic mass is 9.87. The fourth-order valence-corrected chi connectivity index (χ4v) is 3.07. The van der Waals surface area contributed by atoms with Gasteiger partial charge in [-0.25, -0.2) is 0 Å². The molecule has 1 aromatic rings. The second kappa shape index (κ2) is 7.12. The summed E-state index contributed by atoms with van der Waals surface area (Å²) in [4.78, 5) is 19.6. The number of nitrogens with zero attached hydrogens (tertiary/aromatic N) is 3. The Morgan fingerprint density at radius 1 is 1.39 bits per heavy atom. The molecule has 2 rings (SSSR count). The number of piperidine rings is 1. The van der Waals surface area contributed by atoms with E-state index in [-0.39, 0.29) is 5.91 Å². The molecular formula is C18H25N3O2. The monoisotopic (exact) mass is 315 g/mol. The largest absolute Gasteiger partial charge is 0.327 e. The Morgan fingerprint density at radius 2 is 2.04 bits per heavy atom. The molecule has 0 radical (unpaired) electrons. The molecule has 23 heavy (non-hydrogen) atoms. The number of hydroxylamine groups is 2. The van der Waals surface area contributed by atoms with Crippen LogP contribution in [0.5, 0.6) is 0 Å². The first-order valence-electron chi connectivity index (χ1n) is 7.95. The van der Waals surface area contributed by atoms with Crippen molar-refractivity contribution in [3.05, 3.63) is 34.9 Å². The van der Waals surface area contributed by atoms with Gasteiger partial charge >= 0.3 is 0 Å². The maximum absolute atomic E-state index is 12.7. The lowest BCUT2D eigenvalue weighted by molar-refractivity contribution is -0.161. The van der Waals surface area contributed by atoms with Gasteiger partial charge in [0.05, 0.1) is 19.6 Å². The number of nitriles is 1. The van der Waals surface area contributed by atoms with Gasteiger partial charge in [-0.1, -0.05) is 23.8 Å². The van der Waals surface area contributed by atoms with Gasteiger partial charge in [0.1, 0.15) is 5.54 Å². The van der Waals surface area contributed by atoms with Gasteiger partial charge < -0.3 is 9.74 Å². The average Bonchev–Trinajstić information content (AvgIpc) is 2.57. The van der Waals surface area contributed by atoms with Crippen LogP contribution in [0.1, 0.15) is 29.5 Å². The summed E-state index contributed by atoms with van der Waals surface area (Å²) in [6.45, 7) is 5.35. The van der Waals surface area contributed by atoms with E-state index >= 15 is 0 Å². The third-order valence-electron chi connectivity index (χ3n) is 4.88. The molecular weight excluding hydrogens is 290 g/mol. The molecule has 0 bridgehead atoms. The van der Waals surface area contributed by atoms with Crippen molar-refractivity contribution in [1.82, 2.24) is 9.96 Å². The van der Waals surface area contributed by atoms with E-state index in [4.69, 9.17) is 4.84 Å². The third-order valence-corrected chi connectivity index (χ3v) is 4.88. The maximum Gasteiger partial charge on any atom is 0.228 e. The smallest absolute Gasteiger partial charge is 0.228 e. The zero-order valence-corrected chi connectivity index (χ0v) is 14.4. The average molecular weight is 315 g/mol. The van der Waals surface area contributed by atoms with Gasteiger partial charge in [0.15, 0.2) is 0 Å². The van der Waals surface area contributed by atoms with Gasteiger partial charge in [0, 0.05) is 20.1 Å². The number of carbonyl (C=O) groups excluding carboxylic acids is 1. The van der Waals surface area contributed by atoms with Crippen molar-refractivity contribution in [1.29, 1.82) is 5.26 Å². The van der Waals surface area contributed by atoms with Crippen LogP contribution < -0.4 is 0 Å². The number of rotatable bonds is 4. The second-order valence-corrected chi connectivity index (χ2v) is 6.31. The summed E-state index contributed by atoms with van der Waals surface area (Å²) in [6, 6.07) is 8.51. The van der Waals surface area contributed by atoms with Gasteiger partial charge in [0.25, 0.3) is 0 Å². The van der Waals surface area contributed by atoms with Crippen LogP contribution in [0, 0.1) is 25.2 Å². The minimum atomic E-state index is -0.732. The molecule has 1 fully saturated rings. The van der Waals surface area contributed by atoms with Crippen LogP contribution in [-0.4, -0.2) is 48.7 Å². The molecule has 5 nitrogen and oxygen atoms in total. The van der Waals surface area contributed by atoms with Crippen molar-refractivity contribution in [2.75, 3.05) is 27.2 Å². The zero-order chi connectivity index (χ0) is 17.0. The Bertz CT molecular complexity index is 613. The van der Waals surface area contributed by atoms with Crippen molar-refractivity contribution >= 4 is 5.91 Å². The van der Waals surface area contributed by atoms with Gasteiger partial charge in [0.2, 0.25) is 5.91 Å². The molecule has 1 saturated heterocycles. The van der Waals surface area contributed by atoms with Crippen LogP contribution in [0.15, 0.2) is 18.2 Å². The Kier molecular flexibility index (Phi) is 5.40. The van der Waals surface area contributed by atoms with Crippen LogP contribution >= 0.6 is 0 Å². The van der Waals surface area contributed by atoms with Crippen LogP contribution in [0.2, 0.25) is 0 Å². The number of hydrogen-bond donors (Lipinski definition) is 0. The summed E-state index contributed by atoms with van der Waals surface area (Å²) >= 11 is 0. The first-order chi connectivity index (χ1) is 10.9. The van der Waals surface area contributed by atoms with Crippen LogP contribution in [0.3, 0.4) is 0 Å². The van der Waals surface area contributed by atoms with Crippen LogP contribution in [-0.2, 0) is 16.1 Å².